The van der Waals surface area contributed by atoms with Gasteiger partial charge in [0.1, 0.15) is 0 Å². The Hall–Kier alpha value is -1.37. The van der Waals surface area contributed by atoms with Crippen molar-refractivity contribution in [2.45, 2.75) is 19.9 Å². The highest BCUT2D eigenvalue weighted by molar-refractivity contribution is 9.10. The molecule has 0 unspecified atom stereocenters. The second kappa shape index (κ2) is 8.34. The Morgan fingerprint density at radius 3 is 2.80 bits per heavy atom. The third-order valence-electron chi connectivity index (χ3n) is 3.98. The summed E-state index contributed by atoms with van der Waals surface area (Å²) in [6.45, 7) is 2.99. The zero-order chi connectivity index (χ0) is 17.8. The molecule has 3 rings (SSSR count). The molecule has 1 aromatic heterocycles. The minimum atomic E-state index is -0.215. The van der Waals surface area contributed by atoms with Crippen molar-refractivity contribution in [1.82, 2.24) is 4.57 Å². The third-order valence-corrected chi connectivity index (χ3v) is 6.30. The van der Waals surface area contributed by atoms with Crippen LogP contribution in [0.4, 0.5) is 0 Å². The van der Waals surface area contributed by atoms with E-state index in [1.165, 1.54) is 10.3 Å². The minimum Gasteiger partial charge on any atom is -0.316 e. The second-order valence-electron chi connectivity index (χ2n) is 5.58. The van der Waals surface area contributed by atoms with Crippen molar-refractivity contribution in [2.75, 3.05) is 12.0 Å². The number of carbonyl (C=O) groups is 1. The highest BCUT2D eigenvalue weighted by atomic mass is 79.9. The van der Waals surface area contributed by atoms with Gasteiger partial charge in [-0.2, -0.15) is 16.8 Å². The van der Waals surface area contributed by atoms with E-state index in [1.807, 2.05) is 18.2 Å². The molecule has 3 nitrogen and oxygen atoms in total. The standard InChI is InChI=1S/C19H19BrN2OS2/c1-3-13-8-9-16-17(12-13)25-19(22(16)10-11-24-2)21-18(23)14-6-4-5-7-15(14)20/h4-9,12H,3,10-11H2,1-2H3. The van der Waals surface area contributed by atoms with E-state index in [1.54, 1.807) is 29.2 Å². The Balaban J connectivity index is 2.13. The summed E-state index contributed by atoms with van der Waals surface area (Å²) in [5.41, 5.74) is 3.04. The number of amides is 1. The van der Waals surface area contributed by atoms with Crippen LogP contribution >= 0.6 is 39.0 Å². The molecule has 2 aromatic carbocycles. The highest BCUT2D eigenvalue weighted by Crippen LogP contribution is 2.21. The van der Waals surface area contributed by atoms with E-state index in [4.69, 9.17) is 0 Å². The molecule has 6 heteroatoms. The molecule has 130 valence electrons. The van der Waals surface area contributed by atoms with E-state index in [0.717, 1.165) is 33.5 Å². The fraction of sp³-hybridized carbons (Fsp3) is 0.263. The third kappa shape index (κ3) is 4.07. The van der Waals surface area contributed by atoms with Crippen molar-refractivity contribution in [3.8, 4) is 0 Å². The molecule has 0 fully saturated rings. The molecule has 0 bridgehead atoms. The first kappa shape index (κ1) is 18.4. The van der Waals surface area contributed by atoms with Gasteiger partial charge >= 0.3 is 0 Å². The topological polar surface area (TPSA) is 34.4 Å². The number of carbonyl (C=O) groups excluding carboxylic acids is 1. The van der Waals surface area contributed by atoms with Crippen LogP contribution in [-0.2, 0) is 13.0 Å². The van der Waals surface area contributed by atoms with Gasteiger partial charge in [0.15, 0.2) is 4.80 Å². The van der Waals surface area contributed by atoms with Crippen LogP contribution in [0.3, 0.4) is 0 Å². The number of hydrogen-bond acceptors (Lipinski definition) is 3. The monoisotopic (exact) mass is 434 g/mol. The van der Waals surface area contributed by atoms with Crippen molar-refractivity contribution in [2.24, 2.45) is 4.99 Å². The largest absolute Gasteiger partial charge is 0.316 e. The molecule has 0 N–H and O–H groups in total. The number of aromatic nitrogens is 1. The molecule has 0 saturated carbocycles. The van der Waals surface area contributed by atoms with Gasteiger partial charge in [-0.3, -0.25) is 4.79 Å². The summed E-state index contributed by atoms with van der Waals surface area (Å²) >= 11 is 6.81. The van der Waals surface area contributed by atoms with Gasteiger partial charge in [-0.05, 0) is 58.4 Å². The maximum absolute atomic E-state index is 12.7. The molecule has 0 atom stereocenters. The van der Waals surface area contributed by atoms with Gasteiger partial charge < -0.3 is 4.57 Å². The van der Waals surface area contributed by atoms with Crippen molar-refractivity contribution in [1.29, 1.82) is 0 Å². The van der Waals surface area contributed by atoms with Crippen molar-refractivity contribution < 1.29 is 4.79 Å². The van der Waals surface area contributed by atoms with Crippen LogP contribution in [0, 0.1) is 0 Å². The first-order valence-electron chi connectivity index (χ1n) is 8.08. The number of hydrogen-bond donors (Lipinski definition) is 0. The zero-order valence-electron chi connectivity index (χ0n) is 14.2. The van der Waals surface area contributed by atoms with Gasteiger partial charge in [-0.15, -0.1) is 0 Å². The Kier molecular flexibility index (Phi) is 6.15. The Labute approximate surface area is 163 Å². The van der Waals surface area contributed by atoms with E-state index >= 15 is 0 Å². The van der Waals surface area contributed by atoms with Crippen molar-refractivity contribution >= 4 is 55.2 Å². The van der Waals surface area contributed by atoms with Crippen molar-refractivity contribution in [3.05, 3.63) is 62.9 Å². The van der Waals surface area contributed by atoms with Crippen LogP contribution in [-0.4, -0.2) is 22.5 Å². The van der Waals surface area contributed by atoms with Gasteiger partial charge in [0, 0.05) is 16.8 Å². The number of nitrogens with zero attached hydrogens (tertiary/aromatic N) is 2. The fourth-order valence-electron chi connectivity index (χ4n) is 2.60. The first-order chi connectivity index (χ1) is 12.1. The molecule has 0 aliphatic carbocycles. The zero-order valence-corrected chi connectivity index (χ0v) is 17.4. The Bertz CT molecular complexity index is 975. The molecular formula is C19H19BrN2OS2. The quantitative estimate of drug-likeness (QED) is 0.557. The molecule has 3 aromatic rings. The van der Waals surface area contributed by atoms with E-state index in [0.29, 0.717) is 5.56 Å². The summed E-state index contributed by atoms with van der Waals surface area (Å²) in [5, 5.41) is 0. The summed E-state index contributed by atoms with van der Waals surface area (Å²) < 4.78 is 4.11. The summed E-state index contributed by atoms with van der Waals surface area (Å²) in [4.78, 5) is 17.9. The molecular weight excluding hydrogens is 416 g/mol. The number of fused-ring (bicyclic) bond motifs is 1. The smallest absolute Gasteiger partial charge is 0.280 e. The van der Waals surface area contributed by atoms with Gasteiger partial charge in [-0.25, -0.2) is 0 Å². The average molecular weight is 435 g/mol. The van der Waals surface area contributed by atoms with Crippen LogP contribution in [0.15, 0.2) is 51.9 Å². The first-order valence-corrected chi connectivity index (χ1v) is 11.1. The summed E-state index contributed by atoms with van der Waals surface area (Å²) in [6, 6.07) is 13.9. The molecule has 0 spiro atoms. The normalized spacial score (nSPS) is 12.0. The summed E-state index contributed by atoms with van der Waals surface area (Å²) in [5.74, 6) is 0.769. The molecule has 25 heavy (non-hydrogen) atoms. The van der Waals surface area contributed by atoms with E-state index in [2.05, 4.69) is 56.9 Å². The lowest BCUT2D eigenvalue weighted by Crippen LogP contribution is -2.18. The number of thioether (sulfide) groups is 1. The maximum atomic E-state index is 12.7. The lowest BCUT2D eigenvalue weighted by Gasteiger charge is -2.04. The highest BCUT2D eigenvalue weighted by Gasteiger charge is 2.11. The average Bonchev–Trinajstić information content (AvgIpc) is 2.96. The second-order valence-corrected chi connectivity index (χ2v) is 8.43. The van der Waals surface area contributed by atoms with Gasteiger partial charge in [0.05, 0.1) is 15.8 Å². The van der Waals surface area contributed by atoms with Crippen LogP contribution in [0.1, 0.15) is 22.8 Å². The van der Waals surface area contributed by atoms with Crippen LogP contribution in [0.5, 0.6) is 0 Å². The minimum absolute atomic E-state index is 0.215. The Morgan fingerprint density at radius 2 is 2.08 bits per heavy atom. The molecule has 0 saturated heterocycles. The fourth-order valence-corrected chi connectivity index (χ4v) is 4.54. The number of thiazole rings is 1. The molecule has 0 radical (unpaired) electrons. The van der Waals surface area contributed by atoms with E-state index in [-0.39, 0.29) is 5.91 Å². The van der Waals surface area contributed by atoms with Gasteiger partial charge in [0.25, 0.3) is 5.91 Å². The van der Waals surface area contributed by atoms with E-state index < -0.39 is 0 Å². The SMILES string of the molecule is CCc1ccc2c(c1)sc(=NC(=O)c1ccccc1Br)n2CCSC. The number of halogens is 1. The molecule has 1 amide bonds. The number of benzene rings is 2. The lowest BCUT2D eigenvalue weighted by atomic mass is 10.2. The van der Waals surface area contributed by atoms with E-state index in [9.17, 15) is 4.79 Å². The number of aryl methyl sites for hydroxylation is 2. The van der Waals surface area contributed by atoms with Crippen LogP contribution in [0.2, 0.25) is 0 Å². The number of rotatable bonds is 5. The molecule has 0 aliphatic rings. The van der Waals surface area contributed by atoms with Gasteiger partial charge in [0.2, 0.25) is 0 Å². The molecule has 1 heterocycles. The predicted octanol–water partition coefficient (Wildman–Crippen LogP) is 5.13. The lowest BCUT2D eigenvalue weighted by molar-refractivity contribution is 0.0997. The van der Waals surface area contributed by atoms with Crippen molar-refractivity contribution in [3.63, 3.8) is 0 Å². The Morgan fingerprint density at radius 1 is 1.28 bits per heavy atom. The van der Waals surface area contributed by atoms with Gasteiger partial charge in [-0.1, -0.05) is 36.5 Å². The summed E-state index contributed by atoms with van der Waals surface area (Å²) in [7, 11) is 0. The maximum Gasteiger partial charge on any atom is 0.280 e. The van der Waals surface area contributed by atoms with Crippen LogP contribution < -0.4 is 4.80 Å². The summed E-state index contributed by atoms with van der Waals surface area (Å²) in [6.07, 6.45) is 3.09. The molecule has 0 aliphatic heterocycles. The van der Waals surface area contributed by atoms with Crippen LogP contribution in [0.25, 0.3) is 10.2 Å². The predicted molar refractivity (Wildman–Crippen MR) is 112 cm³/mol.